The molecule has 0 atom stereocenters. The minimum atomic E-state index is -0.125. The van der Waals surface area contributed by atoms with Crippen molar-refractivity contribution in [1.29, 1.82) is 0 Å². The third-order valence-electron chi connectivity index (χ3n) is 1.28. The van der Waals surface area contributed by atoms with Gasteiger partial charge in [0.2, 0.25) is 5.76 Å². The van der Waals surface area contributed by atoms with Crippen LogP contribution in [0.4, 0.5) is 0 Å². The van der Waals surface area contributed by atoms with Crippen LogP contribution in [0.1, 0.15) is 0 Å². The summed E-state index contributed by atoms with van der Waals surface area (Å²) in [6.07, 6.45) is 0. The molecule has 0 saturated carbocycles. The molecule has 0 spiro atoms. The zero-order valence-electron chi connectivity index (χ0n) is 6.13. The summed E-state index contributed by atoms with van der Waals surface area (Å²) in [5, 5.41) is 11.9. The molecule has 1 rings (SSSR count). The Morgan fingerprint density at radius 1 is 1.73 bits per heavy atom. The number of ether oxygens (including phenoxy) is 1. The first-order chi connectivity index (χ1) is 5.25. The molecule has 4 nitrogen and oxygen atoms in total. The zero-order chi connectivity index (χ0) is 8.27. The highest BCUT2D eigenvalue weighted by molar-refractivity contribution is 5.33. The Kier molecular flexibility index (Phi) is 2.15. The second kappa shape index (κ2) is 3.09. The quantitative estimate of drug-likeness (QED) is 0.451. The smallest absolute Gasteiger partial charge is 0.203 e. The molecule has 0 aromatic heterocycles. The highest BCUT2D eigenvalue weighted by atomic mass is 16.5. The van der Waals surface area contributed by atoms with Gasteiger partial charge >= 0.3 is 0 Å². The van der Waals surface area contributed by atoms with Gasteiger partial charge in [0.15, 0.2) is 11.6 Å². The lowest BCUT2D eigenvalue weighted by Gasteiger charge is -2.18. The Balaban J connectivity index is 2.90. The van der Waals surface area contributed by atoms with Gasteiger partial charge in [-0.25, -0.2) is 4.99 Å². The average molecular weight is 154 g/mol. The summed E-state index contributed by atoms with van der Waals surface area (Å²) in [4.78, 5) is 3.62. The van der Waals surface area contributed by atoms with Gasteiger partial charge in [-0.3, -0.25) is 0 Å². The number of hydrogen-bond donors (Lipinski definition) is 2. The van der Waals surface area contributed by atoms with Crippen molar-refractivity contribution in [2.24, 2.45) is 4.99 Å². The van der Waals surface area contributed by atoms with E-state index in [0.29, 0.717) is 19.0 Å². The lowest BCUT2D eigenvalue weighted by molar-refractivity contribution is 0.175. The van der Waals surface area contributed by atoms with Gasteiger partial charge in [-0.15, -0.1) is 0 Å². The van der Waals surface area contributed by atoms with E-state index in [9.17, 15) is 0 Å². The van der Waals surface area contributed by atoms with Crippen LogP contribution in [0.25, 0.3) is 0 Å². The first-order valence-corrected chi connectivity index (χ1v) is 3.21. The van der Waals surface area contributed by atoms with Crippen LogP contribution in [0.3, 0.4) is 0 Å². The van der Waals surface area contributed by atoms with E-state index in [1.165, 1.54) is 0 Å². The van der Waals surface area contributed by atoms with Crippen LogP contribution in [0.15, 0.2) is 28.9 Å². The van der Waals surface area contributed by atoms with Crippen LogP contribution in [0.5, 0.6) is 0 Å². The fourth-order valence-corrected chi connectivity index (χ4v) is 0.819. The minimum Gasteiger partial charge on any atom is -0.505 e. The number of aliphatic hydroxyl groups excluding tert-OH is 1. The van der Waals surface area contributed by atoms with E-state index in [1.54, 1.807) is 0 Å². The Morgan fingerprint density at radius 2 is 2.45 bits per heavy atom. The molecular formula is C7H10N2O2. The first kappa shape index (κ1) is 7.65. The molecule has 1 aliphatic heterocycles. The topological polar surface area (TPSA) is 53.9 Å². The molecule has 1 heterocycles. The maximum absolute atomic E-state index is 8.97. The molecule has 0 aromatic carbocycles. The van der Waals surface area contributed by atoms with E-state index in [0.717, 1.165) is 0 Å². The van der Waals surface area contributed by atoms with Gasteiger partial charge in [-0.05, 0) is 6.72 Å². The molecule has 0 radical (unpaired) electrons. The van der Waals surface area contributed by atoms with Crippen molar-refractivity contribution in [3.63, 3.8) is 0 Å². The fraction of sp³-hybridized carbons (Fsp3) is 0.286. The van der Waals surface area contributed by atoms with E-state index < -0.39 is 0 Å². The van der Waals surface area contributed by atoms with Crippen molar-refractivity contribution in [3.05, 3.63) is 23.9 Å². The van der Waals surface area contributed by atoms with Gasteiger partial charge in [-0.2, -0.15) is 0 Å². The number of hydrogen-bond acceptors (Lipinski definition) is 4. The van der Waals surface area contributed by atoms with E-state index in [-0.39, 0.29) is 11.5 Å². The normalized spacial score (nSPS) is 16.7. The monoisotopic (exact) mass is 154 g/mol. The van der Waals surface area contributed by atoms with Crippen molar-refractivity contribution in [2.75, 3.05) is 13.2 Å². The average Bonchev–Trinajstić information content (AvgIpc) is 2.04. The first-order valence-electron chi connectivity index (χ1n) is 3.21. The second-order valence-corrected chi connectivity index (χ2v) is 2.06. The maximum Gasteiger partial charge on any atom is 0.203 e. The number of nitrogens with zero attached hydrogens (tertiary/aromatic N) is 1. The molecule has 0 saturated heterocycles. The van der Waals surface area contributed by atoms with E-state index in [4.69, 9.17) is 9.84 Å². The Labute approximate surface area is 64.9 Å². The largest absolute Gasteiger partial charge is 0.505 e. The summed E-state index contributed by atoms with van der Waals surface area (Å²) in [6.45, 7) is 7.82. The molecule has 0 fully saturated rings. The molecule has 1 aliphatic rings. The van der Waals surface area contributed by atoms with Crippen LogP contribution >= 0.6 is 0 Å². The molecule has 2 N–H and O–H groups in total. The Hall–Kier alpha value is -1.45. The molecule has 11 heavy (non-hydrogen) atoms. The van der Waals surface area contributed by atoms with Crippen molar-refractivity contribution in [1.82, 2.24) is 5.32 Å². The fourth-order valence-electron chi connectivity index (χ4n) is 0.819. The lowest BCUT2D eigenvalue weighted by atomic mass is 10.4. The SMILES string of the molecule is C=NC1=C(C(=C)O)OCCN1. The van der Waals surface area contributed by atoms with Gasteiger partial charge in [0.05, 0.1) is 6.54 Å². The number of aliphatic hydroxyl groups is 1. The van der Waals surface area contributed by atoms with Crippen molar-refractivity contribution in [2.45, 2.75) is 0 Å². The maximum atomic E-state index is 8.97. The number of rotatable bonds is 2. The standard InChI is InChI=1S/C7H10N2O2/c1-5(10)6-7(8-2)9-3-4-11-6/h9-10H,1-4H2. The molecule has 0 amide bonds. The van der Waals surface area contributed by atoms with Crippen molar-refractivity contribution >= 4 is 6.72 Å². The molecule has 4 heteroatoms. The molecule has 0 aliphatic carbocycles. The molecule has 60 valence electrons. The van der Waals surface area contributed by atoms with Crippen LogP contribution in [-0.4, -0.2) is 25.0 Å². The zero-order valence-corrected chi connectivity index (χ0v) is 6.13. The van der Waals surface area contributed by atoms with Gasteiger partial charge < -0.3 is 15.2 Å². The van der Waals surface area contributed by atoms with E-state index >= 15 is 0 Å². The molecule has 0 aromatic rings. The van der Waals surface area contributed by atoms with Crippen LogP contribution in [0.2, 0.25) is 0 Å². The highest BCUT2D eigenvalue weighted by Crippen LogP contribution is 2.14. The summed E-state index contributed by atoms with van der Waals surface area (Å²) in [5.41, 5.74) is 0. The van der Waals surface area contributed by atoms with Gasteiger partial charge in [0, 0.05) is 0 Å². The summed E-state index contributed by atoms with van der Waals surface area (Å²) < 4.78 is 5.08. The number of nitrogens with one attached hydrogen (secondary N) is 1. The molecule has 0 bridgehead atoms. The minimum absolute atomic E-state index is 0.125. The Bertz CT molecular complexity index is 220. The van der Waals surface area contributed by atoms with Crippen molar-refractivity contribution < 1.29 is 9.84 Å². The second-order valence-electron chi connectivity index (χ2n) is 2.06. The summed E-state index contributed by atoms with van der Waals surface area (Å²) in [6, 6.07) is 0. The van der Waals surface area contributed by atoms with E-state index in [1.807, 2.05) is 0 Å². The molecular weight excluding hydrogens is 144 g/mol. The summed E-state index contributed by atoms with van der Waals surface area (Å²) in [5.74, 6) is 0.606. The van der Waals surface area contributed by atoms with Gasteiger partial charge in [0.1, 0.15) is 6.61 Å². The van der Waals surface area contributed by atoms with Crippen LogP contribution in [-0.2, 0) is 4.74 Å². The lowest BCUT2D eigenvalue weighted by Crippen LogP contribution is -2.26. The summed E-state index contributed by atoms with van der Waals surface area (Å²) >= 11 is 0. The Morgan fingerprint density at radius 3 is 2.91 bits per heavy atom. The predicted octanol–water partition coefficient (Wildman–Crippen LogP) is 0.548. The number of aliphatic imine (C=N–C) groups is 1. The third kappa shape index (κ3) is 1.52. The third-order valence-corrected chi connectivity index (χ3v) is 1.28. The van der Waals surface area contributed by atoms with Crippen molar-refractivity contribution in [3.8, 4) is 0 Å². The van der Waals surface area contributed by atoms with Gasteiger partial charge in [-0.1, -0.05) is 6.58 Å². The molecule has 0 unspecified atom stereocenters. The summed E-state index contributed by atoms with van der Waals surface area (Å²) in [7, 11) is 0. The predicted molar refractivity (Wildman–Crippen MR) is 42.3 cm³/mol. The van der Waals surface area contributed by atoms with E-state index in [2.05, 4.69) is 23.6 Å². The highest BCUT2D eigenvalue weighted by Gasteiger charge is 2.14. The van der Waals surface area contributed by atoms with Gasteiger partial charge in [0.25, 0.3) is 0 Å². The van der Waals surface area contributed by atoms with Crippen LogP contribution in [0, 0.1) is 0 Å². The van der Waals surface area contributed by atoms with Crippen LogP contribution < -0.4 is 5.32 Å².